The van der Waals surface area contributed by atoms with Gasteiger partial charge in [-0.3, -0.25) is 14.4 Å². The average Bonchev–Trinajstić information content (AvgIpc) is 2.63. The molecule has 0 spiro atoms. The molecule has 0 saturated heterocycles. The van der Waals surface area contributed by atoms with Gasteiger partial charge in [-0.2, -0.15) is 0 Å². The van der Waals surface area contributed by atoms with Crippen molar-refractivity contribution in [3.05, 3.63) is 64.7 Å². The van der Waals surface area contributed by atoms with Crippen molar-refractivity contribution >= 4 is 23.3 Å². The van der Waals surface area contributed by atoms with Gasteiger partial charge in [0.1, 0.15) is 0 Å². The number of ketones is 1. The van der Waals surface area contributed by atoms with E-state index in [4.69, 9.17) is 0 Å². The van der Waals surface area contributed by atoms with Crippen LogP contribution in [0.4, 0.5) is 5.69 Å². The molecule has 0 saturated carbocycles. The molecule has 2 rings (SSSR count). The highest BCUT2D eigenvalue weighted by Crippen LogP contribution is 2.13. The summed E-state index contributed by atoms with van der Waals surface area (Å²) in [4.78, 5) is 37.9. The number of hydrogen-bond acceptors (Lipinski definition) is 3. The molecule has 1 N–H and O–H groups in total. The van der Waals surface area contributed by atoms with Gasteiger partial charge in [0.2, 0.25) is 11.8 Å². The summed E-state index contributed by atoms with van der Waals surface area (Å²) in [5.41, 5.74) is 4.59. The highest BCUT2D eigenvalue weighted by Gasteiger charge is 2.15. The third-order valence-corrected chi connectivity index (χ3v) is 4.54. The largest absolute Gasteiger partial charge is 0.336 e. The Hall–Kier alpha value is -2.95. The van der Waals surface area contributed by atoms with Gasteiger partial charge in [0.05, 0.1) is 6.54 Å². The van der Waals surface area contributed by atoms with Crippen LogP contribution in [0.15, 0.2) is 42.5 Å². The Morgan fingerprint density at radius 1 is 0.889 bits per heavy atom. The highest BCUT2D eigenvalue weighted by atomic mass is 16.2. The number of nitrogens with zero attached hydrogens (tertiary/aromatic N) is 1. The molecule has 0 fully saturated rings. The molecular formula is C22H26N2O3. The maximum absolute atomic E-state index is 12.3. The minimum atomic E-state index is -0.268. The first-order valence-electron chi connectivity index (χ1n) is 8.97. The molecule has 5 nitrogen and oxygen atoms in total. The Morgan fingerprint density at radius 3 is 2.19 bits per heavy atom. The quantitative estimate of drug-likeness (QED) is 0.760. The molecule has 2 amide bonds. The number of nitrogens with one attached hydrogen (secondary N) is 1. The molecule has 0 unspecified atom stereocenters. The number of carbonyl (C=O) groups is 3. The predicted molar refractivity (Wildman–Crippen MR) is 107 cm³/mol. The van der Waals surface area contributed by atoms with E-state index in [2.05, 4.69) is 5.32 Å². The number of likely N-dealkylation sites (N-methyl/N-ethyl adjacent to an activating group) is 1. The molecule has 0 aliphatic carbocycles. The van der Waals surface area contributed by atoms with Crippen LogP contribution >= 0.6 is 0 Å². The fraction of sp³-hybridized carbons (Fsp3) is 0.318. The van der Waals surface area contributed by atoms with E-state index in [0.29, 0.717) is 11.3 Å². The molecule has 0 bridgehead atoms. The number of aryl methyl sites for hydroxylation is 3. The normalized spacial score (nSPS) is 10.4. The summed E-state index contributed by atoms with van der Waals surface area (Å²) in [6.07, 6.45) is 0.214. The first-order valence-corrected chi connectivity index (χ1v) is 8.97. The van der Waals surface area contributed by atoms with Gasteiger partial charge in [0, 0.05) is 31.1 Å². The molecule has 0 aliphatic rings. The van der Waals surface area contributed by atoms with Gasteiger partial charge in [0.25, 0.3) is 0 Å². The van der Waals surface area contributed by atoms with E-state index < -0.39 is 0 Å². The molecule has 2 aromatic carbocycles. The van der Waals surface area contributed by atoms with Gasteiger partial charge in [-0.25, -0.2) is 0 Å². The second kappa shape index (κ2) is 9.12. The van der Waals surface area contributed by atoms with Crippen LogP contribution < -0.4 is 5.32 Å². The molecule has 2 aromatic rings. The van der Waals surface area contributed by atoms with Gasteiger partial charge < -0.3 is 10.2 Å². The standard InChI is InChI=1S/C22H26N2O3/c1-15-5-9-19(10-6-15)23-21(26)14-24(4)22(27)12-11-20(25)18-8-7-16(2)17(3)13-18/h5-10,13H,11-12,14H2,1-4H3,(H,23,26). The molecular weight excluding hydrogens is 340 g/mol. The SMILES string of the molecule is Cc1ccc(NC(=O)CN(C)C(=O)CCC(=O)c2ccc(C)c(C)c2)cc1. The van der Waals surface area contributed by atoms with E-state index in [0.717, 1.165) is 16.7 Å². The van der Waals surface area contributed by atoms with E-state index in [1.165, 1.54) is 4.90 Å². The molecule has 27 heavy (non-hydrogen) atoms. The molecule has 0 radical (unpaired) electrons. The summed E-state index contributed by atoms with van der Waals surface area (Å²) in [5.74, 6) is -0.564. The Kier molecular flexibility index (Phi) is 6.88. The van der Waals surface area contributed by atoms with Crippen LogP contribution in [0.2, 0.25) is 0 Å². The van der Waals surface area contributed by atoms with E-state index in [1.54, 1.807) is 13.1 Å². The van der Waals surface area contributed by atoms with Gasteiger partial charge in [-0.15, -0.1) is 0 Å². The average molecular weight is 366 g/mol. The molecule has 0 aliphatic heterocycles. The summed E-state index contributed by atoms with van der Waals surface area (Å²) >= 11 is 0. The van der Waals surface area contributed by atoms with Gasteiger partial charge >= 0.3 is 0 Å². The van der Waals surface area contributed by atoms with Crippen LogP contribution in [0.5, 0.6) is 0 Å². The van der Waals surface area contributed by atoms with E-state index >= 15 is 0 Å². The zero-order valence-corrected chi connectivity index (χ0v) is 16.3. The minimum Gasteiger partial charge on any atom is -0.336 e. The van der Waals surface area contributed by atoms with Crippen LogP contribution in [0.1, 0.15) is 39.9 Å². The Labute approximate surface area is 160 Å². The lowest BCUT2D eigenvalue weighted by atomic mass is 10.0. The molecule has 5 heteroatoms. The number of carbonyl (C=O) groups excluding carboxylic acids is 3. The van der Waals surface area contributed by atoms with Crippen molar-refractivity contribution < 1.29 is 14.4 Å². The Morgan fingerprint density at radius 2 is 1.56 bits per heavy atom. The first-order chi connectivity index (χ1) is 12.8. The fourth-order valence-electron chi connectivity index (χ4n) is 2.61. The summed E-state index contributed by atoms with van der Waals surface area (Å²) in [5, 5.41) is 2.76. The third-order valence-electron chi connectivity index (χ3n) is 4.54. The van der Waals surface area contributed by atoms with Crippen LogP contribution in [0.25, 0.3) is 0 Å². The number of Topliss-reactive ketones (excluding diaryl/α,β-unsaturated/α-hetero) is 1. The second-order valence-electron chi connectivity index (χ2n) is 6.89. The number of benzene rings is 2. The number of hydrogen-bond donors (Lipinski definition) is 1. The summed E-state index contributed by atoms with van der Waals surface area (Å²) in [7, 11) is 1.57. The van der Waals surface area contributed by atoms with E-state index in [9.17, 15) is 14.4 Å². The van der Waals surface area contributed by atoms with Crippen LogP contribution in [-0.2, 0) is 9.59 Å². The van der Waals surface area contributed by atoms with Crippen molar-refractivity contribution in [3.8, 4) is 0 Å². The summed E-state index contributed by atoms with van der Waals surface area (Å²) in [6.45, 7) is 5.86. The zero-order chi connectivity index (χ0) is 20.0. The lowest BCUT2D eigenvalue weighted by molar-refractivity contribution is -0.133. The Balaban J connectivity index is 1.82. The van der Waals surface area contributed by atoms with Crippen LogP contribution in [0.3, 0.4) is 0 Å². The van der Waals surface area contributed by atoms with Crippen molar-refractivity contribution in [2.75, 3.05) is 18.9 Å². The summed E-state index contributed by atoms with van der Waals surface area (Å²) < 4.78 is 0. The van der Waals surface area contributed by atoms with Crippen LogP contribution in [0, 0.1) is 20.8 Å². The molecule has 0 atom stereocenters. The predicted octanol–water partition coefficient (Wildman–Crippen LogP) is 3.67. The van der Waals surface area contributed by atoms with Gasteiger partial charge in [-0.05, 0) is 50.1 Å². The van der Waals surface area contributed by atoms with Gasteiger partial charge in [0.15, 0.2) is 5.78 Å². The van der Waals surface area contributed by atoms with Crippen molar-refractivity contribution in [1.82, 2.24) is 4.90 Å². The molecule has 142 valence electrons. The number of anilines is 1. The van der Waals surface area contributed by atoms with E-state index in [1.807, 2.05) is 57.2 Å². The number of amides is 2. The maximum Gasteiger partial charge on any atom is 0.243 e. The molecule has 0 heterocycles. The lowest BCUT2D eigenvalue weighted by Gasteiger charge is -2.17. The lowest BCUT2D eigenvalue weighted by Crippen LogP contribution is -2.35. The van der Waals surface area contributed by atoms with Crippen molar-refractivity contribution in [3.63, 3.8) is 0 Å². The zero-order valence-electron chi connectivity index (χ0n) is 16.3. The van der Waals surface area contributed by atoms with E-state index in [-0.39, 0.29) is 37.0 Å². The first kappa shape index (κ1) is 20.4. The number of rotatable bonds is 7. The van der Waals surface area contributed by atoms with Crippen molar-refractivity contribution in [2.24, 2.45) is 0 Å². The third kappa shape index (κ3) is 6.06. The van der Waals surface area contributed by atoms with Crippen molar-refractivity contribution in [2.45, 2.75) is 33.6 Å². The van der Waals surface area contributed by atoms with Crippen LogP contribution in [-0.4, -0.2) is 36.1 Å². The monoisotopic (exact) mass is 366 g/mol. The highest BCUT2D eigenvalue weighted by molar-refractivity contribution is 5.99. The minimum absolute atomic E-state index is 0.0511. The van der Waals surface area contributed by atoms with Gasteiger partial charge in [-0.1, -0.05) is 29.8 Å². The fourth-order valence-corrected chi connectivity index (χ4v) is 2.61. The summed E-state index contributed by atoms with van der Waals surface area (Å²) in [6, 6.07) is 13.0. The smallest absolute Gasteiger partial charge is 0.243 e. The second-order valence-corrected chi connectivity index (χ2v) is 6.89. The topological polar surface area (TPSA) is 66.5 Å². The Bertz CT molecular complexity index is 841. The maximum atomic E-state index is 12.3. The molecule has 0 aromatic heterocycles. The van der Waals surface area contributed by atoms with Crippen molar-refractivity contribution in [1.29, 1.82) is 0 Å².